The second-order valence-electron chi connectivity index (χ2n) is 6.00. The van der Waals surface area contributed by atoms with Crippen molar-refractivity contribution in [2.24, 2.45) is 5.92 Å². The lowest BCUT2D eigenvalue weighted by molar-refractivity contribution is 0.0973. The third-order valence-electron chi connectivity index (χ3n) is 4.80. The summed E-state index contributed by atoms with van der Waals surface area (Å²) in [6, 6.07) is 1.67. The van der Waals surface area contributed by atoms with E-state index in [1.165, 1.54) is 39.1 Å². The van der Waals surface area contributed by atoms with Gasteiger partial charge in [-0.3, -0.25) is 0 Å². The summed E-state index contributed by atoms with van der Waals surface area (Å²) in [5.74, 6) is 0.843. The molecule has 7 heteroatoms. The number of methoxy groups -OCH3 is 1. The summed E-state index contributed by atoms with van der Waals surface area (Å²) in [7, 11) is 1.43. The fraction of sp³-hybridized carbons (Fsp3) is 0.533. The Morgan fingerprint density at radius 1 is 1.45 bits per heavy atom. The molecule has 3 saturated heterocycles. The maximum atomic E-state index is 14.0. The van der Waals surface area contributed by atoms with Gasteiger partial charge in [-0.25, -0.2) is 4.39 Å². The van der Waals surface area contributed by atoms with E-state index in [0.29, 0.717) is 28.7 Å². The smallest absolute Gasteiger partial charge is 0.212 e. The Morgan fingerprint density at radius 2 is 2.23 bits per heavy atom. The summed E-state index contributed by atoms with van der Waals surface area (Å²) < 4.78 is 24.4. The standard InChI is InChI=1S/C15H17ClFN3O2/c1-21-14-12(16)10(17)6-9-13(14)22-19-15(9)18-11-7-20-4-2-8(11)3-5-20/h6,8,11H,2-5,7H2,1H3,(H,18,19)/t11-/m0/s1. The number of halogens is 2. The van der Waals surface area contributed by atoms with E-state index >= 15 is 0 Å². The van der Waals surface area contributed by atoms with Gasteiger partial charge in [0.05, 0.1) is 12.5 Å². The molecule has 1 N–H and O–H groups in total. The van der Waals surface area contributed by atoms with Crippen LogP contribution in [0.5, 0.6) is 5.75 Å². The molecule has 0 spiro atoms. The summed E-state index contributed by atoms with van der Waals surface area (Å²) in [6.07, 6.45) is 2.38. The number of fused-ring (bicyclic) bond motifs is 4. The van der Waals surface area contributed by atoms with Crippen molar-refractivity contribution in [2.75, 3.05) is 32.1 Å². The first kappa shape index (κ1) is 14.1. The topological polar surface area (TPSA) is 50.5 Å². The highest BCUT2D eigenvalue weighted by Gasteiger charge is 2.35. The van der Waals surface area contributed by atoms with Crippen molar-refractivity contribution in [3.63, 3.8) is 0 Å². The molecular formula is C15H17ClFN3O2. The fourth-order valence-corrected chi connectivity index (χ4v) is 3.80. The van der Waals surface area contributed by atoms with Crippen molar-refractivity contribution < 1.29 is 13.7 Å². The Morgan fingerprint density at radius 3 is 2.86 bits per heavy atom. The minimum Gasteiger partial charge on any atom is -0.491 e. The number of anilines is 1. The number of benzene rings is 1. The molecule has 5 nitrogen and oxygen atoms in total. The number of rotatable bonds is 3. The lowest BCUT2D eigenvalue weighted by Crippen LogP contribution is -2.53. The van der Waals surface area contributed by atoms with Crippen molar-refractivity contribution in [3.05, 3.63) is 16.9 Å². The molecule has 1 atom stereocenters. The van der Waals surface area contributed by atoms with Crippen molar-refractivity contribution in [3.8, 4) is 5.75 Å². The van der Waals surface area contributed by atoms with Crippen molar-refractivity contribution in [1.29, 1.82) is 0 Å². The molecule has 0 unspecified atom stereocenters. The van der Waals surface area contributed by atoms with Crippen LogP contribution in [0.1, 0.15) is 12.8 Å². The molecule has 3 aliphatic heterocycles. The molecule has 1 aromatic heterocycles. The van der Waals surface area contributed by atoms with Crippen molar-refractivity contribution in [2.45, 2.75) is 18.9 Å². The van der Waals surface area contributed by atoms with Gasteiger partial charge in [-0.05, 0) is 37.9 Å². The van der Waals surface area contributed by atoms with Crippen molar-refractivity contribution >= 4 is 28.4 Å². The summed E-state index contributed by atoms with van der Waals surface area (Å²) in [4.78, 5) is 2.44. The van der Waals surface area contributed by atoms with Crippen LogP contribution in [0.2, 0.25) is 5.02 Å². The van der Waals surface area contributed by atoms with Crippen LogP contribution in [0.3, 0.4) is 0 Å². The molecule has 2 bridgehead atoms. The van der Waals surface area contributed by atoms with E-state index in [1.54, 1.807) is 0 Å². The highest BCUT2D eigenvalue weighted by Crippen LogP contribution is 2.39. The van der Waals surface area contributed by atoms with Crippen molar-refractivity contribution in [1.82, 2.24) is 10.1 Å². The highest BCUT2D eigenvalue weighted by atomic mass is 35.5. The van der Waals surface area contributed by atoms with Gasteiger partial charge in [0.15, 0.2) is 11.6 Å². The minimum atomic E-state index is -0.536. The second-order valence-corrected chi connectivity index (χ2v) is 6.38. The molecule has 0 aliphatic carbocycles. The molecule has 3 aliphatic rings. The first-order valence-corrected chi connectivity index (χ1v) is 7.85. The first-order chi connectivity index (χ1) is 10.7. The van der Waals surface area contributed by atoms with Gasteiger partial charge in [-0.1, -0.05) is 16.8 Å². The number of nitrogens with one attached hydrogen (secondary N) is 1. The molecule has 2 aromatic rings. The second kappa shape index (κ2) is 5.28. The molecule has 3 fully saturated rings. The van der Waals surface area contributed by atoms with E-state index in [1.807, 2.05) is 0 Å². The van der Waals surface area contributed by atoms with Gasteiger partial charge < -0.3 is 19.5 Å². The average Bonchev–Trinajstić information content (AvgIpc) is 2.92. The van der Waals surface area contributed by atoms with Crippen LogP contribution in [-0.2, 0) is 0 Å². The number of hydrogen-bond acceptors (Lipinski definition) is 5. The number of nitrogens with zero attached hydrogens (tertiary/aromatic N) is 2. The summed E-state index contributed by atoms with van der Waals surface area (Å²) in [5.41, 5.74) is 0.373. The first-order valence-electron chi connectivity index (χ1n) is 7.47. The normalized spacial score (nSPS) is 27.3. The monoisotopic (exact) mass is 325 g/mol. The molecular weight excluding hydrogens is 309 g/mol. The van der Waals surface area contributed by atoms with Gasteiger partial charge in [-0.15, -0.1) is 0 Å². The van der Waals surface area contributed by atoms with Crippen LogP contribution in [-0.4, -0.2) is 42.8 Å². The van der Waals surface area contributed by atoms with Gasteiger partial charge in [0, 0.05) is 12.6 Å². The van der Waals surface area contributed by atoms with E-state index in [2.05, 4.69) is 15.4 Å². The zero-order valence-electron chi connectivity index (χ0n) is 12.2. The van der Waals surface area contributed by atoms with Gasteiger partial charge in [-0.2, -0.15) is 0 Å². The average molecular weight is 326 g/mol. The molecule has 0 radical (unpaired) electrons. The van der Waals surface area contributed by atoms with Gasteiger partial charge in [0.2, 0.25) is 5.58 Å². The molecule has 22 heavy (non-hydrogen) atoms. The molecule has 5 rings (SSSR count). The zero-order chi connectivity index (χ0) is 15.3. The van der Waals surface area contributed by atoms with Gasteiger partial charge >= 0.3 is 0 Å². The summed E-state index contributed by atoms with van der Waals surface area (Å²) >= 11 is 5.91. The SMILES string of the molecule is COc1c(Cl)c(F)cc2c(N[C@H]3CN4CCC3CC4)noc12. The van der Waals surface area contributed by atoms with E-state index < -0.39 is 5.82 Å². The Kier molecular flexibility index (Phi) is 3.38. The maximum Gasteiger partial charge on any atom is 0.212 e. The zero-order valence-corrected chi connectivity index (χ0v) is 13.0. The number of aromatic nitrogens is 1. The van der Waals surface area contributed by atoms with Crippen LogP contribution in [0, 0.1) is 11.7 Å². The Bertz CT molecular complexity index is 712. The molecule has 1 aromatic carbocycles. The quantitative estimate of drug-likeness (QED) is 0.939. The van der Waals surface area contributed by atoms with Gasteiger partial charge in [0.1, 0.15) is 10.8 Å². The third kappa shape index (κ3) is 2.13. The Labute approximate surface area is 132 Å². The van der Waals surface area contributed by atoms with E-state index in [-0.39, 0.29) is 10.8 Å². The van der Waals surface area contributed by atoms with Gasteiger partial charge in [0.25, 0.3) is 0 Å². The maximum absolute atomic E-state index is 14.0. The highest BCUT2D eigenvalue weighted by molar-refractivity contribution is 6.33. The number of hydrogen-bond donors (Lipinski definition) is 1. The third-order valence-corrected chi connectivity index (χ3v) is 5.15. The van der Waals surface area contributed by atoms with Crippen LogP contribution in [0.15, 0.2) is 10.6 Å². The number of ether oxygens (including phenoxy) is 1. The predicted molar refractivity (Wildman–Crippen MR) is 82.1 cm³/mol. The summed E-state index contributed by atoms with van der Waals surface area (Å²) in [5, 5.41) is 7.96. The summed E-state index contributed by atoms with van der Waals surface area (Å²) in [6.45, 7) is 3.33. The van der Waals surface area contributed by atoms with Crippen LogP contribution in [0.25, 0.3) is 11.0 Å². The minimum absolute atomic E-state index is 0.0828. The predicted octanol–water partition coefficient (Wildman–Crippen LogP) is 3.14. The lowest BCUT2D eigenvalue weighted by Gasteiger charge is -2.44. The molecule has 118 valence electrons. The van der Waals surface area contributed by atoms with E-state index in [0.717, 1.165) is 6.54 Å². The van der Waals surface area contributed by atoms with Crippen LogP contribution in [0.4, 0.5) is 10.2 Å². The van der Waals surface area contributed by atoms with Crippen LogP contribution < -0.4 is 10.1 Å². The Hall–Kier alpha value is -1.53. The Balaban J connectivity index is 1.69. The molecule has 0 saturated carbocycles. The molecule has 4 heterocycles. The number of piperidine rings is 3. The fourth-order valence-electron chi connectivity index (χ4n) is 3.58. The largest absolute Gasteiger partial charge is 0.491 e. The van der Waals surface area contributed by atoms with E-state index in [9.17, 15) is 4.39 Å². The lowest BCUT2D eigenvalue weighted by atomic mass is 9.84. The van der Waals surface area contributed by atoms with Crippen LogP contribution >= 0.6 is 11.6 Å². The molecule has 0 amide bonds. The van der Waals surface area contributed by atoms with E-state index in [4.69, 9.17) is 20.9 Å².